The maximum atomic E-state index is 11.1. The van der Waals surface area contributed by atoms with Crippen molar-refractivity contribution >= 4 is 7.82 Å². The highest BCUT2D eigenvalue weighted by atomic mass is 31.2. The van der Waals surface area contributed by atoms with Gasteiger partial charge in [0.2, 0.25) is 0 Å². The van der Waals surface area contributed by atoms with Crippen molar-refractivity contribution < 1.29 is 33.1 Å². The first-order valence-electron chi connectivity index (χ1n) is 4.38. The maximum absolute atomic E-state index is 11.1. The molecule has 8 heteroatoms. The fourth-order valence-electron chi connectivity index (χ4n) is 1.33. The van der Waals surface area contributed by atoms with Gasteiger partial charge in [0, 0.05) is 20.6 Å². The van der Waals surface area contributed by atoms with Gasteiger partial charge in [0.05, 0.1) is 6.61 Å². The summed E-state index contributed by atoms with van der Waals surface area (Å²) in [6.07, 6.45) is -2.18. The zero-order chi connectivity index (χ0) is 11.5. The minimum Gasteiger partial charge on any atom is -0.382 e. The summed E-state index contributed by atoms with van der Waals surface area (Å²) < 4.78 is 30.1. The van der Waals surface area contributed by atoms with Crippen molar-refractivity contribution in [3.63, 3.8) is 0 Å². The average Bonchev–Trinajstić information content (AvgIpc) is 2.47. The van der Waals surface area contributed by atoms with Crippen LogP contribution >= 0.6 is 7.82 Å². The van der Waals surface area contributed by atoms with Crippen molar-refractivity contribution in [3.05, 3.63) is 0 Å². The van der Waals surface area contributed by atoms with Crippen molar-refractivity contribution in [3.8, 4) is 0 Å². The van der Waals surface area contributed by atoms with Gasteiger partial charge in [-0.05, 0) is 0 Å². The second-order valence-corrected chi connectivity index (χ2v) is 4.63. The molecule has 1 rings (SSSR count). The van der Waals surface area contributed by atoms with Crippen molar-refractivity contribution in [1.82, 2.24) is 0 Å². The van der Waals surface area contributed by atoms with Crippen LogP contribution in [0.3, 0.4) is 0 Å². The zero-order valence-corrected chi connectivity index (χ0v) is 9.42. The first-order chi connectivity index (χ1) is 6.98. The van der Waals surface area contributed by atoms with Gasteiger partial charge in [0.25, 0.3) is 0 Å². The van der Waals surface area contributed by atoms with Crippen molar-refractivity contribution in [2.45, 2.75) is 24.9 Å². The third-order valence-corrected chi connectivity index (χ3v) is 3.01. The van der Waals surface area contributed by atoms with E-state index in [0.29, 0.717) is 0 Å². The molecule has 1 aliphatic heterocycles. The Morgan fingerprint density at radius 3 is 2.73 bits per heavy atom. The summed E-state index contributed by atoms with van der Waals surface area (Å²) >= 11 is 0. The van der Waals surface area contributed by atoms with Crippen LogP contribution in [0.4, 0.5) is 0 Å². The van der Waals surface area contributed by atoms with Gasteiger partial charge in [-0.1, -0.05) is 0 Å². The molecular formula is C7H15O7P. The molecule has 0 aromatic carbocycles. The molecule has 1 fully saturated rings. The first kappa shape index (κ1) is 13.1. The van der Waals surface area contributed by atoms with Gasteiger partial charge in [-0.3, -0.25) is 9.05 Å². The summed E-state index contributed by atoms with van der Waals surface area (Å²) in [5.41, 5.74) is 0. The van der Waals surface area contributed by atoms with Gasteiger partial charge < -0.3 is 19.5 Å². The molecule has 1 unspecified atom stereocenters. The number of hydrogen-bond donors (Lipinski definition) is 2. The van der Waals surface area contributed by atoms with E-state index in [4.69, 9.17) is 18.9 Å². The molecule has 0 aliphatic carbocycles. The van der Waals surface area contributed by atoms with E-state index in [1.165, 1.54) is 7.11 Å². The van der Waals surface area contributed by atoms with Gasteiger partial charge in [0.15, 0.2) is 6.29 Å². The fraction of sp³-hybridized carbons (Fsp3) is 1.00. The van der Waals surface area contributed by atoms with Crippen LogP contribution in [0.2, 0.25) is 0 Å². The number of methoxy groups -OCH3 is 1. The number of aliphatic hydroxyl groups is 1. The van der Waals surface area contributed by atoms with Crippen LogP contribution in [0.1, 0.15) is 6.42 Å². The normalized spacial score (nSPS) is 35.3. The van der Waals surface area contributed by atoms with E-state index in [0.717, 1.165) is 7.11 Å². The molecule has 1 aliphatic rings. The van der Waals surface area contributed by atoms with Crippen LogP contribution in [-0.2, 0) is 23.1 Å². The number of ether oxygens (including phenoxy) is 2. The van der Waals surface area contributed by atoms with Gasteiger partial charge in [-0.25, -0.2) is 4.57 Å². The van der Waals surface area contributed by atoms with Crippen LogP contribution in [0.25, 0.3) is 0 Å². The van der Waals surface area contributed by atoms with Gasteiger partial charge in [0.1, 0.15) is 12.2 Å². The molecule has 90 valence electrons. The van der Waals surface area contributed by atoms with Crippen LogP contribution in [-0.4, -0.2) is 49.3 Å². The van der Waals surface area contributed by atoms with E-state index in [2.05, 4.69) is 4.52 Å². The lowest BCUT2D eigenvalue weighted by molar-refractivity contribution is -0.111. The highest BCUT2D eigenvalue weighted by Gasteiger charge is 2.39. The van der Waals surface area contributed by atoms with E-state index in [1.54, 1.807) is 0 Å². The molecule has 0 saturated carbocycles. The third kappa shape index (κ3) is 3.81. The molecule has 0 spiro atoms. The van der Waals surface area contributed by atoms with Crippen LogP contribution in [0.5, 0.6) is 0 Å². The standard InChI is InChI=1S/C7H15O7P/c1-11-4-6-5(3-7(8)13-6)14-15(9,10)12-2/h5-8H,3-4H2,1-2H3,(H,9,10)/t5-,6-,7-/m1/s1. The molecule has 1 heterocycles. The Kier molecular flexibility index (Phi) is 4.66. The quantitative estimate of drug-likeness (QED) is 0.648. The smallest absolute Gasteiger partial charge is 0.382 e. The van der Waals surface area contributed by atoms with Crippen molar-refractivity contribution in [2.75, 3.05) is 20.8 Å². The van der Waals surface area contributed by atoms with Crippen LogP contribution < -0.4 is 0 Å². The Hall–Kier alpha value is -0.0100. The highest BCUT2D eigenvalue weighted by Crippen LogP contribution is 2.46. The lowest BCUT2D eigenvalue weighted by atomic mass is 10.2. The Morgan fingerprint density at radius 1 is 1.53 bits per heavy atom. The van der Waals surface area contributed by atoms with E-state index >= 15 is 0 Å². The maximum Gasteiger partial charge on any atom is 0.472 e. The summed E-state index contributed by atoms with van der Waals surface area (Å²) in [6.45, 7) is 0.172. The number of hydrogen-bond acceptors (Lipinski definition) is 6. The van der Waals surface area contributed by atoms with E-state index in [1.807, 2.05) is 0 Å². The molecular weight excluding hydrogens is 227 g/mol. The first-order valence-corrected chi connectivity index (χ1v) is 5.87. The van der Waals surface area contributed by atoms with E-state index in [9.17, 15) is 9.67 Å². The minimum absolute atomic E-state index is 0.113. The van der Waals surface area contributed by atoms with Gasteiger partial charge in [-0.2, -0.15) is 0 Å². The van der Waals surface area contributed by atoms with Crippen LogP contribution in [0.15, 0.2) is 0 Å². The summed E-state index contributed by atoms with van der Waals surface area (Å²) in [5, 5.41) is 9.20. The van der Waals surface area contributed by atoms with Gasteiger partial charge >= 0.3 is 7.82 Å². The summed E-state index contributed by atoms with van der Waals surface area (Å²) in [7, 11) is -1.53. The molecule has 7 nitrogen and oxygen atoms in total. The molecule has 1 saturated heterocycles. The Bertz CT molecular complexity index is 245. The minimum atomic E-state index is -4.06. The second-order valence-electron chi connectivity index (χ2n) is 3.12. The molecule has 0 aromatic rings. The highest BCUT2D eigenvalue weighted by molar-refractivity contribution is 7.47. The number of aliphatic hydroxyl groups excluding tert-OH is 1. The average molecular weight is 242 g/mol. The van der Waals surface area contributed by atoms with Crippen molar-refractivity contribution in [1.29, 1.82) is 0 Å². The number of phosphoric acid groups is 1. The molecule has 0 aromatic heterocycles. The molecule has 0 radical (unpaired) electrons. The summed E-state index contributed by atoms with van der Waals surface area (Å²) in [5.74, 6) is 0. The predicted molar refractivity (Wildman–Crippen MR) is 49.1 cm³/mol. The SMILES string of the molecule is COC[C@H]1O[C@@H](O)C[C@H]1OP(=O)(O)OC. The van der Waals surface area contributed by atoms with Crippen molar-refractivity contribution in [2.24, 2.45) is 0 Å². The monoisotopic (exact) mass is 242 g/mol. The summed E-state index contributed by atoms with van der Waals surface area (Å²) in [6, 6.07) is 0. The number of rotatable bonds is 5. The molecule has 0 bridgehead atoms. The van der Waals surface area contributed by atoms with Gasteiger partial charge in [-0.15, -0.1) is 0 Å². The largest absolute Gasteiger partial charge is 0.472 e. The van der Waals surface area contributed by atoms with E-state index < -0.39 is 26.3 Å². The molecule has 4 atom stereocenters. The Balaban J connectivity index is 2.55. The third-order valence-electron chi connectivity index (χ3n) is 2.01. The summed E-state index contributed by atoms with van der Waals surface area (Å²) in [4.78, 5) is 9.09. The molecule has 15 heavy (non-hydrogen) atoms. The Morgan fingerprint density at radius 2 is 2.20 bits per heavy atom. The number of phosphoric ester groups is 1. The second kappa shape index (κ2) is 5.36. The fourth-order valence-corrected chi connectivity index (χ4v) is 1.98. The van der Waals surface area contributed by atoms with E-state index in [-0.39, 0.29) is 13.0 Å². The lowest BCUT2D eigenvalue weighted by Crippen LogP contribution is -2.28. The molecule has 2 N–H and O–H groups in total. The van der Waals surface area contributed by atoms with Crippen LogP contribution in [0, 0.1) is 0 Å². The zero-order valence-electron chi connectivity index (χ0n) is 8.53. The topological polar surface area (TPSA) is 94.5 Å². The Labute approximate surface area is 87.5 Å². The lowest BCUT2D eigenvalue weighted by Gasteiger charge is -2.19. The molecule has 0 amide bonds. The predicted octanol–water partition coefficient (Wildman–Crippen LogP) is -0.128.